The third-order valence-electron chi connectivity index (χ3n) is 4.03. The van der Waals surface area contributed by atoms with E-state index in [0.29, 0.717) is 6.54 Å². The summed E-state index contributed by atoms with van der Waals surface area (Å²) in [5.41, 5.74) is 2.08. The zero-order chi connectivity index (χ0) is 14.6. The molecule has 0 atom stereocenters. The molecule has 5 heteroatoms. The number of hydrogen-bond donors (Lipinski definition) is 1. The Labute approximate surface area is 121 Å². The maximum atomic E-state index is 5.71. The van der Waals surface area contributed by atoms with Crippen molar-refractivity contribution in [1.82, 2.24) is 10.5 Å². The van der Waals surface area contributed by atoms with E-state index in [1.54, 1.807) is 13.4 Å². The zero-order valence-corrected chi connectivity index (χ0v) is 13.0. The van der Waals surface area contributed by atoms with Gasteiger partial charge in [0.1, 0.15) is 12.0 Å². The van der Waals surface area contributed by atoms with Crippen LogP contribution in [0.5, 0.6) is 0 Å². The minimum Gasteiger partial charge on any atom is -0.381 e. The first-order valence-electron chi connectivity index (χ1n) is 7.24. The lowest BCUT2D eigenvalue weighted by Gasteiger charge is -2.36. The Hall–Kier alpha value is -0.910. The second kappa shape index (κ2) is 6.24. The summed E-state index contributed by atoms with van der Waals surface area (Å²) >= 11 is 0. The lowest BCUT2D eigenvalue weighted by atomic mass is 9.87. The highest BCUT2D eigenvalue weighted by molar-refractivity contribution is 5.23. The number of hydrogen-bond acceptors (Lipinski definition) is 5. The summed E-state index contributed by atoms with van der Waals surface area (Å²) in [6, 6.07) is 0. The van der Waals surface area contributed by atoms with Crippen molar-refractivity contribution in [3.05, 3.63) is 17.5 Å². The number of rotatable bonds is 5. The summed E-state index contributed by atoms with van der Waals surface area (Å²) in [6.45, 7) is 9.55. The molecule has 2 heterocycles. The normalized spacial score (nSPS) is 19.2. The number of ether oxygens (including phenoxy) is 2. The van der Waals surface area contributed by atoms with Gasteiger partial charge in [0.05, 0.1) is 5.60 Å². The van der Waals surface area contributed by atoms with Gasteiger partial charge in [-0.15, -0.1) is 0 Å². The molecule has 0 unspecified atom stereocenters. The average molecular weight is 282 g/mol. The van der Waals surface area contributed by atoms with Gasteiger partial charge in [-0.2, -0.15) is 0 Å². The molecule has 1 aliphatic heterocycles. The van der Waals surface area contributed by atoms with Gasteiger partial charge in [-0.3, -0.25) is 0 Å². The predicted molar refractivity (Wildman–Crippen MR) is 76.7 cm³/mol. The first-order chi connectivity index (χ1) is 9.47. The lowest BCUT2D eigenvalue weighted by molar-refractivity contribution is -0.0877. The van der Waals surface area contributed by atoms with Crippen LogP contribution in [0.1, 0.15) is 44.9 Å². The minimum absolute atomic E-state index is 0.0502. The van der Waals surface area contributed by atoms with Gasteiger partial charge in [0.2, 0.25) is 0 Å². The Morgan fingerprint density at radius 2 is 2.05 bits per heavy atom. The molecule has 0 bridgehead atoms. The van der Waals surface area contributed by atoms with Gasteiger partial charge in [0.15, 0.2) is 0 Å². The summed E-state index contributed by atoms with van der Waals surface area (Å²) in [5, 5.41) is 7.57. The van der Waals surface area contributed by atoms with E-state index in [1.807, 2.05) is 0 Å². The van der Waals surface area contributed by atoms with Crippen LogP contribution in [-0.4, -0.2) is 37.6 Å². The van der Waals surface area contributed by atoms with Crippen LogP contribution < -0.4 is 5.32 Å². The molecule has 0 saturated carbocycles. The summed E-state index contributed by atoms with van der Waals surface area (Å²) in [7, 11) is 1.78. The van der Waals surface area contributed by atoms with E-state index in [9.17, 15) is 0 Å². The Bertz CT molecular complexity index is 417. The van der Waals surface area contributed by atoms with Crippen LogP contribution in [0.15, 0.2) is 10.8 Å². The van der Waals surface area contributed by atoms with E-state index in [2.05, 4.69) is 31.2 Å². The molecular weight excluding hydrogens is 256 g/mol. The van der Waals surface area contributed by atoms with E-state index < -0.39 is 0 Å². The van der Waals surface area contributed by atoms with Crippen molar-refractivity contribution in [1.29, 1.82) is 0 Å². The Morgan fingerprint density at radius 3 is 2.65 bits per heavy atom. The van der Waals surface area contributed by atoms with Crippen LogP contribution in [0.25, 0.3) is 0 Å². The molecule has 1 saturated heterocycles. The zero-order valence-electron chi connectivity index (χ0n) is 13.0. The summed E-state index contributed by atoms with van der Waals surface area (Å²) < 4.78 is 16.2. The lowest BCUT2D eigenvalue weighted by Crippen LogP contribution is -2.46. The molecule has 114 valence electrons. The third-order valence-corrected chi connectivity index (χ3v) is 4.03. The first kappa shape index (κ1) is 15.5. The van der Waals surface area contributed by atoms with Gasteiger partial charge in [-0.25, -0.2) is 0 Å². The molecule has 1 aromatic rings. The molecule has 0 radical (unpaired) electrons. The van der Waals surface area contributed by atoms with Crippen molar-refractivity contribution in [2.24, 2.45) is 0 Å². The molecule has 1 aromatic heterocycles. The molecule has 0 aliphatic carbocycles. The molecule has 5 nitrogen and oxygen atoms in total. The summed E-state index contributed by atoms with van der Waals surface area (Å²) in [5.74, 6) is 0. The maximum Gasteiger partial charge on any atom is 0.127 e. The van der Waals surface area contributed by atoms with Crippen molar-refractivity contribution in [2.75, 3.05) is 26.9 Å². The predicted octanol–water partition coefficient (Wildman–Crippen LogP) is 2.26. The number of methoxy groups -OCH3 is 1. The minimum atomic E-state index is -0.107. The van der Waals surface area contributed by atoms with Gasteiger partial charge < -0.3 is 19.3 Å². The van der Waals surface area contributed by atoms with E-state index in [-0.39, 0.29) is 11.0 Å². The van der Waals surface area contributed by atoms with Gasteiger partial charge in [-0.05, 0) is 5.41 Å². The SMILES string of the molecule is COC1(CNCc2nocc2C(C)(C)C)CCOCC1. The van der Waals surface area contributed by atoms with E-state index in [0.717, 1.165) is 43.9 Å². The molecule has 0 amide bonds. The van der Waals surface area contributed by atoms with Crippen LogP contribution in [-0.2, 0) is 21.4 Å². The van der Waals surface area contributed by atoms with Crippen LogP contribution in [0.4, 0.5) is 0 Å². The van der Waals surface area contributed by atoms with E-state index in [1.165, 1.54) is 0 Å². The fraction of sp³-hybridized carbons (Fsp3) is 0.800. The highest BCUT2D eigenvalue weighted by Crippen LogP contribution is 2.26. The second-order valence-electron chi connectivity index (χ2n) is 6.53. The van der Waals surface area contributed by atoms with Crippen LogP contribution in [0.2, 0.25) is 0 Å². The number of nitrogens with zero attached hydrogens (tertiary/aromatic N) is 1. The Balaban J connectivity index is 1.91. The molecular formula is C15H26N2O3. The molecule has 2 rings (SSSR count). The van der Waals surface area contributed by atoms with Gasteiger partial charge in [-0.1, -0.05) is 25.9 Å². The van der Waals surface area contributed by atoms with Gasteiger partial charge in [0, 0.05) is 51.8 Å². The number of nitrogens with one attached hydrogen (secondary N) is 1. The maximum absolute atomic E-state index is 5.71. The first-order valence-corrected chi connectivity index (χ1v) is 7.24. The highest BCUT2D eigenvalue weighted by Gasteiger charge is 2.32. The van der Waals surface area contributed by atoms with Crippen molar-refractivity contribution in [3.8, 4) is 0 Å². The fourth-order valence-electron chi connectivity index (χ4n) is 2.60. The standard InChI is InChI=1S/C15H26N2O3/c1-14(2,3)12-10-20-17-13(12)9-16-11-15(18-4)5-7-19-8-6-15/h10,16H,5-9,11H2,1-4H3. The monoisotopic (exact) mass is 282 g/mol. The smallest absolute Gasteiger partial charge is 0.127 e. The quantitative estimate of drug-likeness (QED) is 0.897. The molecule has 1 N–H and O–H groups in total. The van der Waals surface area contributed by atoms with Gasteiger partial charge in [0.25, 0.3) is 0 Å². The van der Waals surface area contributed by atoms with Crippen molar-refractivity contribution in [2.45, 2.75) is 51.2 Å². The Morgan fingerprint density at radius 1 is 1.35 bits per heavy atom. The highest BCUT2D eigenvalue weighted by atomic mass is 16.5. The summed E-state index contributed by atoms with van der Waals surface area (Å²) in [4.78, 5) is 0. The van der Waals surface area contributed by atoms with E-state index >= 15 is 0 Å². The van der Waals surface area contributed by atoms with E-state index in [4.69, 9.17) is 14.0 Å². The van der Waals surface area contributed by atoms with Crippen LogP contribution in [0, 0.1) is 0 Å². The second-order valence-corrected chi connectivity index (χ2v) is 6.53. The average Bonchev–Trinajstić information content (AvgIpc) is 2.88. The molecule has 0 aromatic carbocycles. The van der Waals surface area contributed by atoms with Gasteiger partial charge >= 0.3 is 0 Å². The fourth-order valence-corrected chi connectivity index (χ4v) is 2.60. The molecule has 20 heavy (non-hydrogen) atoms. The molecule has 1 fully saturated rings. The van der Waals surface area contributed by atoms with Crippen molar-refractivity contribution < 1.29 is 14.0 Å². The largest absolute Gasteiger partial charge is 0.381 e. The third kappa shape index (κ3) is 3.59. The molecule has 1 aliphatic rings. The van der Waals surface area contributed by atoms with Crippen molar-refractivity contribution >= 4 is 0 Å². The molecule has 0 spiro atoms. The number of aromatic nitrogens is 1. The van der Waals surface area contributed by atoms with Crippen molar-refractivity contribution in [3.63, 3.8) is 0 Å². The van der Waals surface area contributed by atoms with Crippen LogP contribution >= 0.6 is 0 Å². The Kier molecular flexibility index (Phi) is 4.83. The topological polar surface area (TPSA) is 56.5 Å². The van der Waals surface area contributed by atoms with Crippen LogP contribution in [0.3, 0.4) is 0 Å². The summed E-state index contributed by atoms with van der Waals surface area (Å²) in [6.07, 6.45) is 3.61.